The number of carbonyl (C=O) groups is 4. The van der Waals surface area contributed by atoms with Crippen LogP contribution in [0.1, 0.15) is 120 Å². The molecule has 1 fully saturated rings. The molecule has 1 amide bonds. The molecule has 0 spiro atoms. The summed E-state index contributed by atoms with van der Waals surface area (Å²) >= 11 is 2.99. The number of aryl methyl sites for hydroxylation is 8. The maximum Gasteiger partial charge on any atom is 0.344 e. The minimum absolute atomic E-state index is 0.0516. The second kappa shape index (κ2) is 38.1. The van der Waals surface area contributed by atoms with Crippen LogP contribution in [-0.2, 0) is 54.8 Å². The van der Waals surface area contributed by atoms with Gasteiger partial charge in [-0.1, -0.05) is 64.5 Å². The van der Waals surface area contributed by atoms with Gasteiger partial charge in [0, 0.05) is 60.8 Å². The normalized spacial score (nSPS) is 12.3. The summed E-state index contributed by atoms with van der Waals surface area (Å²) in [6.45, 7) is 30.9. The number of halogens is 1. The van der Waals surface area contributed by atoms with Crippen LogP contribution in [-0.4, -0.2) is 118 Å². The van der Waals surface area contributed by atoms with Crippen molar-refractivity contribution >= 4 is 83.4 Å². The Hall–Kier alpha value is -12.6. The Kier molecular flexibility index (Phi) is 28.5. The Balaban J connectivity index is 0.000000169. The molecule has 1 saturated heterocycles. The van der Waals surface area contributed by atoms with E-state index >= 15 is 0 Å². The van der Waals surface area contributed by atoms with Crippen LogP contribution in [0.4, 0.5) is 0 Å². The molecule has 0 saturated carbocycles. The number of carboxylic acid groups (broad SMARTS) is 1. The number of nitriles is 4. The molecule has 1 aliphatic rings. The van der Waals surface area contributed by atoms with Crippen LogP contribution >= 0.6 is 15.9 Å². The van der Waals surface area contributed by atoms with Gasteiger partial charge in [0.2, 0.25) is 0 Å². The lowest BCUT2D eigenvalue weighted by Gasteiger charge is -2.19. The molecule has 13 rings (SSSR count). The van der Waals surface area contributed by atoms with Crippen LogP contribution in [0.5, 0.6) is 23.0 Å². The Morgan fingerprint density at radius 3 is 0.982 bits per heavy atom. The van der Waals surface area contributed by atoms with Crippen LogP contribution in [0, 0.1) is 73.0 Å². The molecule has 3 N–H and O–H groups in total. The quantitative estimate of drug-likeness (QED) is 0.0531. The summed E-state index contributed by atoms with van der Waals surface area (Å²) in [4.78, 5) is 46.8. The van der Waals surface area contributed by atoms with Crippen molar-refractivity contribution in [3.8, 4) is 92.3 Å². The highest BCUT2D eigenvalue weighted by Gasteiger charge is 2.27. The molecule has 114 heavy (non-hydrogen) atoms. The highest BCUT2D eigenvalue weighted by atomic mass is 79.9. The molecule has 0 radical (unpaired) electrons. The Labute approximate surface area is 673 Å². The van der Waals surface area contributed by atoms with E-state index in [0.717, 1.165) is 132 Å². The smallest absolute Gasteiger partial charge is 0.344 e. The monoisotopic (exact) mass is 1600 g/mol. The van der Waals surface area contributed by atoms with Gasteiger partial charge in [-0.2, -0.15) is 21.0 Å². The number of likely N-dealkylation sites (tertiary alicyclic amines) is 1. The molecule has 1 aliphatic heterocycles. The van der Waals surface area contributed by atoms with Crippen molar-refractivity contribution in [2.75, 3.05) is 38.2 Å². The summed E-state index contributed by atoms with van der Waals surface area (Å²) in [5, 5.41) is 70.8. The topological polar surface area (TPSA) is 293 Å². The van der Waals surface area contributed by atoms with Crippen LogP contribution in [0.15, 0.2) is 170 Å². The van der Waals surface area contributed by atoms with E-state index in [0.29, 0.717) is 59.0 Å². The second-order valence-corrected chi connectivity index (χ2v) is 29.9. The van der Waals surface area contributed by atoms with Gasteiger partial charge < -0.3 is 62.2 Å². The lowest BCUT2D eigenvalue weighted by atomic mass is 10.1. The number of amides is 1. The Bertz CT molecular complexity index is 5650. The molecule has 5 heterocycles. The molecule has 1 atom stereocenters. The number of aliphatic hydroxyl groups is 1. The lowest BCUT2D eigenvalue weighted by molar-refractivity contribution is -0.157. The fourth-order valence-electron chi connectivity index (χ4n) is 13.8. The zero-order chi connectivity index (χ0) is 82.9. The predicted molar refractivity (Wildman–Crippen MR) is 448 cm³/mol. The van der Waals surface area contributed by atoms with E-state index < -0.39 is 23.6 Å². The first-order valence-corrected chi connectivity index (χ1v) is 38.8. The maximum atomic E-state index is 12.2. The van der Waals surface area contributed by atoms with Crippen molar-refractivity contribution in [1.82, 2.24) is 23.2 Å². The third kappa shape index (κ3) is 20.7. The number of rotatable bonds is 18. The molecule has 0 unspecified atom stereocenters. The zero-order valence-corrected chi connectivity index (χ0v) is 68.5. The third-order valence-electron chi connectivity index (χ3n) is 18.7. The van der Waals surface area contributed by atoms with E-state index in [9.17, 15) is 50.4 Å². The third-order valence-corrected chi connectivity index (χ3v) is 19.1. The van der Waals surface area contributed by atoms with Crippen molar-refractivity contribution in [3.63, 3.8) is 0 Å². The number of esters is 2. The summed E-state index contributed by atoms with van der Waals surface area (Å²) in [6, 6.07) is 63.1. The largest absolute Gasteiger partial charge is 0.508 e. The number of ether oxygens (including phenoxy) is 5. The number of hydrogen-bond donors (Lipinski definition) is 3. The second-order valence-electron chi connectivity index (χ2n) is 29.4. The number of aromatic hydroxyl groups is 1. The number of benzene rings is 8. The standard InChI is InChI=1S/C24H25N3O3.C24H26N2O3.C20H18N2O3.C18H16N2O.C6H11BrO2/c1-3-27-22-12-16(2)4-9-20(22)21(13-25)24(27)17-5-7-19(8-6-17)30-15-23(29)26-11-10-18(28)14-26;1-6-26-21-13-16(2)7-12-19(21)20(14-25)23(26)17-8-10-18(11-9-17)28-15-22(27)29-24(3,4)5;1-3-22-18-10-13(2)4-9-16(18)17(11-21)20(22)14-5-7-15(8-6-14)25-12-19(23)24;1-3-20-17-10-12(2)4-9-15(17)16(11-19)18(20)13-5-7-14(21)8-6-13;1-6(2,3)9-5(8)4-7/h4-9,12,18,28H,3,10-11,14-15H2,1-2H3;7-13H,6,15H2,1-5H3;4-10H,3,12H2,1-2H3,(H,23,24);4-10,21H,3H2,1-2H3;4H2,1-3H3/t18-;;;;/m0..../s1. The molecule has 8 aromatic carbocycles. The van der Waals surface area contributed by atoms with Crippen molar-refractivity contribution in [3.05, 3.63) is 214 Å². The number of β-amino-alcohol motifs (C(OH)–C–C–N with tert-alkyl or cyclic N) is 1. The van der Waals surface area contributed by atoms with Gasteiger partial charge in [0.25, 0.3) is 5.91 Å². The average Bonchev–Trinajstić information content (AvgIpc) is 1.63. The number of aliphatic carboxylic acids is 1. The Morgan fingerprint density at radius 2 is 0.728 bits per heavy atom. The zero-order valence-electron chi connectivity index (χ0n) is 66.9. The molecule has 0 bridgehead atoms. The first-order chi connectivity index (χ1) is 54.4. The number of fused-ring (bicyclic) bond motifs is 4. The fourth-order valence-corrected chi connectivity index (χ4v) is 13.9. The molecular formula is C92H96BrN9O12. The van der Waals surface area contributed by atoms with Gasteiger partial charge in [0.15, 0.2) is 19.8 Å². The molecule has 4 aromatic heterocycles. The van der Waals surface area contributed by atoms with Gasteiger partial charge in [-0.25, -0.2) is 9.59 Å². The van der Waals surface area contributed by atoms with Crippen molar-refractivity contribution < 1.29 is 58.2 Å². The van der Waals surface area contributed by atoms with Crippen molar-refractivity contribution in [2.45, 2.75) is 147 Å². The van der Waals surface area contributed by atoms with Gasteiger partial charge >= 0.3 is 17.9 Å². The number of carbonyl (C=O) groups excluding carboxylic acids is 3. The number of carboxylic acids is 1. The van der Waals surface area contributed by atoms with E-state index in [-0.39, 0.29) is 48.4 Å². The number of phenolic OH excluding ortho intramolecular Hbond substituents is 1. The molecule has 22 heteroatoms. The summed E-state index contributed by atoms with van der Waals surface area (Å²) in [5.41, 5.74) is 18.0. The number of nitrogens with zero attached hydrogens (tertiary/aromatic N) is 9. The van der Waals surface area contributed by atoms with E-state index in [1.165, 1.54) is 5.56 Å². The lowest BCUT2D eigenvalue weighted by Crippen LogP contribution is -2.33. The van der Waals surface area contributed by atoms with Gasteiger partial charge in [0.1, 0.15) is 63.8 Å². The summed E-state index contributed by atoms with van der Waals surface area (Å²) in [7, 11) is 0. The van der Waals surface area contributed by atoms with E-state index in [1.807, 2.05) is 170 Å². The number of phenols is 1. The first-order valence-electron chi connectivity index (χ1n) is 37.7. The van der Waals surface area contributed by atoms with Crippen molar-refractivity contribution in [1.29, 1.82) is 21.0 Å². The SMILES string of the molecule is CC(C)(C)OC(=O)CBr.CCn1c(-c2ccc(O)cc2)c(C#N)c2ccc(C)cc21.CCn1c(-c2ccc(OCC(=O)N3CC[C@H](O)C3)cc2)c(C#N)c2ccc(C)cc21.CCn1c(-c2ccc(OCC(=O)O)cc2)c(C#N)c2ccc(C)cc21.CCn1c(-c2ccc(OCC(=O)OC(C)(C)C)cc2)c(C#N)c2ccc(C)cc21. The molecule has 0 aliphatic carbocycles. The van der Waals surface area contributed by atoms with E-state index in [1.54, 1.807) is 29.2 Å². The predicted octanol–water partition coefficient (Wildman–Crippen LogP) is 18.6. The van der Waals surface area contributed by atoms with Crippen molar-refractivity contribution in [2.24, 2.45) is 0 Å². The highest BCUT2D eigenvalue weighted by Crippen LogP contribution is 2.40. The summed E-state index contributed by atoms with van der Waals surface area (Å²) in [6.07, 6.45) is 0.184. The summed E-state index contributed by atoms with van der Waals surface area (Å²) in [5.74, 6) is 0.124. The minimum atomic E-state index is -1.02. The van der Waals surface area contributed by atoms with E-state index in [2.05, 4.69) is 131 Å². The van der Waals surface area contributed by atoms with Crippen LogP contribution in [0.25, 0.3) is 88.6 Å². The number of alkyl halides is 1. The van der Waals surface area contributed by atoms with Gasteiger partial charge in [0.05, 0.1) is 73.2 Å². The highest BCUT2D eigenvalue weighted by molar-refractivity contribution is 9.09. The van der Waals surface area contributed by atoms with Crippen LogP contribution in [0.3, 0.4) is 0 Å². The number of hydrogen-bond acceptors (Lipinski definition) is 15. The Morgan fingerprint density at radius 1 is 0.439 bits per heavy atom. The van der Waals surface area contributed by atoms with Gasteiger partial charge in [-0.15, -0.1) is 0 Å². The van der Waals surface area contributed by atoms with Crippen LogP contribution in [0.2, 0.25) is 0 Å². The minimum Gasteiger partial charge on any atom is -0.508 e. The maximum absolute atomic E-state index is 12.2. The number of aromatic nitrogens is 4. The van der Waals surface area contributed by atoms with Crippen LogP contribution < -0.4 is 14.2 Å². The van der Waals surface area contributed by atoms with Gasteiger partial charge in [-0.05, 0) is 269 Å². The first kappa shape index (κ1) is 85.4. The average molecular weight is 1600 g/mol. The van der Waals surface area contributed by atoms with E-state index in [4.69, 9.17) is 28.8 Å². The van der Waals surface area contributed by atoms with Gasteiger partial charge in [-0.3, -0.25) is 9.59 Å². The summed E-state index contributed by atoms with van der Waals surface area (Å²) < 4.78 is 35.1. The number of aliphatic hydroxyl groups excluding tert-OH is 1. The molecule has 21 nitrogen and oxygen atoms in total. The molecule has 588 valence electrons. The fraction of sp³-hybridized carbons (Fsp3) is 0.304. The molecule has 12 aromatic rings. The molecular weight excluding hydrogens is 1500 g/mol.